The van der Waals surface area contributed by atoms with Crippen molar-refractivity contribution in [2.24, 2.45) is 0 Å². The molecule has 0 atom stereocenters. The van der Waals surface area contributed by atoms with E-state index in [2.05, 4.69) is 10.2 Å². The SMILES string of the molecule is COCCCNC(=O)c1ccc(CN(Cc2ccccc2)Cc2ccc(C(F)(F)F)cc2)o1. The maximum Gasteiger partial charge on any atom is 0.416 e. The fourth-order valence-electron chi connectivity index (χ4n) is 3.38. The largest absolute Gasteiger partial charge is 0.455 e. The van der Waals surface area contributed by atoms with E-state index in [0.29, 0.717) is 45.0 Å². The smallest absolute Gasteiger partial charge is 0.416 e. The predicted octanol–water partition coefficient (Wildman–Crippen LogP) is 5.27. The molecule has 3 rings (SSSR count). The molecule has 0 fully saturated rings. The topological polar surface area (TPSA) is 54.7 Å². The van der Waals surface area contributed by atoms with E-state index in [9.17, 15) is 18.0 Å². The summed E-state index contributed by atoms with van der Waals surface area (Å²) in [6.45, 7) is 2.43. The number of hydrogen-bond donors (Lipinski definition) is 1. The number of rotatable bonds is 11. The van der Waals surface area contributed by atoms with Gasteiger partial charge in [-0.05, 0) is 41.8 Å². The van der Waals surface area contributed by atoms with Crippen LogP contribution in [0.5, 0.6) is 0 Å². The minimum absolute atomic E-state index is 0.219. The average molecular weight is 460 g/mol. The van der Waals surface area contributed by atoms with Crippen LogP contribution < -0.4 is 5.32 Å². The van der Waals surface area contributed by atoms with Crippen molar-refractivity contribution in [2.75, 3.05) is 20.3 Å². The molecule has 5 nitrogen and oxygen atoms in total. The first-order valence-corrected chi connectivity index (χ1v) is 10.6. The van der Waals surface area contributed by atoms with E-state index in [1.807, 2.05) is 30.3 Å². The molecule has 3 aromatic rings. The first kappa shape index (κ1) is 24.5. The van der Waals surface area contributed by atoms with Crippen LogP contribution in [0.2, 0.25) is 0 Å². The van der Waals surface area contributed by atoms with Crippen LogP contribution in [0, 0.1) is 0 Å². The van der Waals surface area contributed by atoms with Crippen LogP contribution in [-0.2, 0) is 30.5 Å². The molecule has 0 radical (unpaired) electrons. The lowest BCUT2D eigenvalue weighted by molar-refractivity contribution is -0.137. The summed E-state index contributed by atoms with van der Waals surface area (Å²) in [4.78, 5) is 14.3. The third kappa shape index (κ3) is 7.76. The van der Waals surface area contributed by atoms with Crippen molar-refractivity contribution in [2.45, 2.75) is 32.2 Å². The number of nitrogens with one attached hydrogen (secondary N) is 1. The van der Waals surface area contributed by atoms with Gasteiger partial charge in [0.1, 0.15) is 5.76 Å². The van der Waals surface area contributed by atoms with Gasteiger partial charge in [0, 0.05) is 33.4 Å². The second-order valence-corrected chi connectivity index (χ2v) is 7.69. The summed E-state index contributed by atoms with van der Waals surface area (Å²) in [5.41, 5.74) is 1.14. The van der Waals surface area contributed by atoms with Gasteiger partial charge in [-0.2, -0.15) is 13.2 Å². The highest BCUT2D eigenvalue weighted by molar-refractivity contribution is 5.91. The summed E-state index contributed by atoms with van der Waals surface area (Å²) in [6.07, 6.45) is -3.66. The molecule has 0 aliphatic carbocycles. The molecule has 0 bridgehead atoms. The Morgan fingerprint density at radius 3 is 2.24 bits per heavy atom. The van der Waals surface area contributed by atoms with Crippen molar-refractivity contribution in [3.05, 3.63) is 94.9 Å². The van der Waals surface area contributed by atoms with Crippen molar-refractivity contribution in [3.63, 3.8) is 0 Å². The number of benzene rings is 2. The minimum atomic E-state index is -4.36. The van der Waals surface area contributed by atoms with Crippen LogP contribution in [0.1, 0.15) is 39.4 Å². The first-order chi connectivity index (χ1) is 15.8. The Kier molecular flexibility index (Phi) is 8.68. The first-order valence-electron chi connectivity index (χ1n) is 10.6. The van der Waals surface area contributed by atoms with Crippen LogP contribution in [0.25, 0.3) is 0 Å². The maximum atomic E-state index is 12.9. The van der Waals surface area contributed by atoms with Crippen LogP contribution in [0.4, 0.5) is 13.2 Å². The molecular formula is C25H27F3N2O3. The van der Waals surface area contributed by atoms with Gasteiger partial charge in [0.2, 0.25) is 0 Å². The molecule has 0 saturated heterocycles. The molecule has 1 N–H and O–H groups in total. The summed E-state index contributed by atoms with van der Waals surface area (Å²) in [6, 6.07) is 18.3. The molecule has 0 saturated carbocycles. The van der Waals surface area contributed by atoms with E-state index in [0.717, 1.165) is 23.3 Å². The highest BCUT2D eigenvalue weighted by Crippen LogP contribution is 2.29. The van der Waals surface area contributed by atoms with Crippen molar-refractivity contribution >= 4 is 5.91 Å². The van der Waals surface area contributed by atoms with Gasteiger partial charge >= 0.3 is 6.18 Å². The Labute approximate surface area is 191 Å². The van der Waals surface area contributed by atoms with Gasteiger partial charge in [0.15, 0.2) is 5.76 Å². The molecule has 0 aliphatic heterocycles. The average Bonchev–Trinajstić information content (AvgIpc) is 3.25. The number of ether oxygens (including phenoxy) is 1. The Morgan fingerprint density at radius 1 is 0.939 bits per heavy atom. The number of carbonyl (C=O) groups is 1. The second kappa shape index (κ2) is 11.7. The van der Waals surface area contributed by atoms with Gasteiger partial charge < -0.3 is 14.5 Å². The second-order valence-electron chi connectivity index (χ2n) is 7.69. The number of amides is 1. The Bertz CT molecular complexity index is 1000. The van der Waals surface area contributed by atoms with E-state index in [4.69, 9.17) is 9.15 Å². The van der Waals surface area contributed by atoms with Crippen LogP contribution in [0.3, 0.4) is 0 Å². The van der Waals surface area contributed by atoms with Crippen molar-refractivity contribution in [1.82, 2.24) is 10.2 Å². The van der Waals surface area contributed by atoms with Crippen molar-refractivity contribution in [3.8, 4) is 0 Å². The molecular weight excluding hydrogens is 433 g/mol. The molecule has 176 valence electrons. The molecule has 2 aromatic carbocycles. The number of alkyl halides is 3. The van der Waals surface area contributed by atoms with Crippen molar-refractivity contribution < 1.29 is 27.1 Å². The highest BCUT2D eigenvalue weighted by atomic mass is 19.4. The molecule has 0 spiro atoms. The molecule has 8 heteroatoms. The van der Waals surface area contributed by atoms with Gasteiger partial charge in [-0.25, -0.2) is 0 Å². The molecule has 0 unspecified atom stereocenters. The quantitative estimate of drug-likeness (QED) is 0.396. The normalized spacial score (nSPS) is 11.7. The minimum Gasteiger partial charge on any atom is -0.455 e. The summed E-state index contributed by atoms with van der Waals surface area (Å²) in [5, 5.41) is 2.78. The van der Waals surface area contributed by atoms with Crippen LogP contribution in [-0.4, -0.2) is 31.1 Å². The molecule has 0 aliphatic rings. The van der Waals surface area contributed by atoms with Gasteiger partial charge in [0.25, 0.3) is 5.91 Å². The van der Waals surface area contributed by atoms with Gasteiger partial charge in [-0.1, -0.05) is 42.5 Å². The Hall–Kier alpha value is -3.10. The molecule has 33 heavy (non-hydrogen) atoms. The fraction of sp³-hybridized carbons (Fsp3) is 0.320. The standard InChI is InChI=1S/C25H27F3N2O3/c1-32-15-5-14-29-24(31)23-13-12-22(33-23)18-30(16-19-6-3-2-4-7-19)17-20-8-10-21(11-9-20)25(26,27)28/h2-4,6-13H,5,14-18H2,1H3,(H,29,31). The van der Waals surface area contributed by atoms with E-state index in [1.54, 1.807) is 19.2 Å². The predicted molar refractivity (Wildman–Crippen MR) is 118 cm³/mol. The number of halogens is 3. The maximum absolute atomic E-state index is 12.9. The van der Waals surface area contributed by atoms with Gasteiger partial charge in [-0.15, -0.1) is 0 Å². The third-order valence-electron chi connectivity index (χ3n) is 5.01. The van der Waals surface area contributed by atoms with Gasteiger partial charge in [0.05, 0.1) is 12.1 Å². The van der Waals surface area contributed by atoms with E-state index in [1.165, 1.54) is 12.1 Å². The zero-order valence-electron chi connectivity index (χ0n) is 18.4. The summed E-state index contributed by atoms with van der Waals surface area (Å²) in [5.74, 6) is 0.520. The van der Waals surface area contributed by atoms with E-state index in [-0.39, 0.29) is 11.7 Å². The molecule has 1 amide bonds. The van der Waals surface area contributed by atoms with Crippen LogP contribution in [0.15, 0.2) is 71.1 Å². The van der Waals surface area contributed by atoms with E-state index < -0.39 is 11.7 Å². The third-order valence-corrected chi connectivity index (χ3v) is 5.01. The lowest BCUT2D eigenvalue weighted by atomic mass is 10.1. The zero-order valence-corrected chi connectivity index (χ0v) is 18.4. The number of nitrogens with zero attached hydrogens (tertiary/aromatic N) is 1. The Morgan fingerprint density at radius 2 is 1.61 bits per heavy atom. The van der Waals surface area contributed by atoms with Gasteiger partial charge in [-0.3, -0.25) is 9.69 Å². The highest BCUT2D eigenvalue weighted by Gasteiger charge is 2.30. The lowest BCUT2D eigenvalue weighted by Crippen LogP contribution is -2.25. The molecule has 1 aromatic heterocycles. The van der Waals surface area contributed by atoms with Crippen LogP contribution >= 0.6 is 0 Å². The number of methoxy groups -OCH3 is 1. The molecule has 1 heterocycles. The summed E-state index contributed by atoms with van der Waals surface area (Å²) < 4.78 is 49.3. The number of furan rings is 1. The van der Waals surface area contributed by atoms with Crippen molar-refractivity contribution in [1.29, 1.82) is 0 Å². The summed E-state index contributed by atoms with van der Waals surface area (Å²) in [7, 11) is 1.60. The zero-order chi connectivity index (χ0) is 23.7. The summed E-state index contributed by atoms with van der Waals surface area (Å²) >= 11 is 0. The lowest BCUT2D eigenvalue weighted by Gasteiger charge is -2.22. The Balaban J connectivity index is 1.68. The monoisotopic (exact) mass is 460 g/mol. The fourth-order valence-corrected chi connectivity index (χ4v) is 3.38. The van der Waals surface area contributed by atoms with E-state index >= 15 is 0 Å². The number of hydrogen-bond acceptors (Lipinski definition) is 4. The number of carbonyl (C=O) groups excluding carboxylic acids is 1.